The van der Waals surface area contributed by atoms with Crippen molar-refractivity contribution in [1.29, 1.82) is 0 Å². The lowest BCUT2D eigenvalue weighted by molar-refractivity contribution is 0.0699. The third kappa shape index (κ3) is 1.02. The first-order chi connectivity index (χ1) is 5.22. The normalized spacial score (nSPS) is 49.3. The Morgan fingerprint density at radius 2 is 2.36 bits per heavy atom. The SMILES string of the molecule is C[C@]12CC=CC(O)[C@@H]1CCC2. The van der Waals surface area contributed by atoms with Crippen LogP contribution in [0.15, 0.2) is 12.2 Å². The molecule has 1 heteroatoms. The summed E-state index contributed by atoms with van der Waals surface area (Å²) in [7, 11) is 0. The average Bonchev–Trinajstić information content (AvgIpc) is 2.31. The Morgan fingerprint density at radius 3 is 3.09 bits per heavy atom. The van der Waals surface area contributed by atoms with Gasteiger partial charge in [-0.2, -0.15) is 0 Å². The van der Waals surface area contributed by atoms with Crippen LogP contribution in [0.3, 0.4) is 0 Å². The topological polar surface area (TPSA) is 20.2 Å². The zero-order valence-electron chi connectivity index (χ0n) is 7.09. The maximum absolute atomic E-state index is 9.66. The van der Waals surface area contributed by atoms with E-state index in [0.29, 0.717) is 11.3 Å². The summed E-state index contributed by atoms with van der Waals surface area (Å²) in [5.74, 6) is 0.549. The molecule has 0 saturated heterocycles. The first-order valence-electron chi connectivity index (χ1n) is 4.57. The van der Waals surface area contributed by atoms with Crippen LogP contribution < -0.4 is 0 Å². The summed E-state index contributed by atoms with van der Waals surface area (Å²) in [4.78, 5) is 0. The molecule has 0 bridgehead atoms. The van der Waals surface area contributed by atoms with Crippen LogP contribution in [0.5, 0.6) is 0 Å². The molecule has 2 aliphatic carbocycles. The second-order valence-corrected chi connectivity index (χ2v) is 4.28. The molecule has 0 aliphatic heterocycles. The Labute approximate surface area is 68.1 Å². The first kappa shape index (κ1) is 7.35. The van der Waals surface area contributed by atoms with Crippen molar-refractivity contribution in [2.75, 3.05) is 0 Å². The van der Waals surface area contributed by atoms with Gasteiger partial charge in [0.25, 0.3) is 0 Å². The molecule has 3 atom stereocenters. The van der Waals surface area contributed by atoms with Crippen LogP contribution in [0.2, 0.25) is 0 Å². The number of fused-ring (bicyclic) bond motifs is 1. The predicted molar refractivity (Wildman–Crippen MR) is 45.2 cm³/mol. The molecule has 0 aromatic heterocycles. The zero-order valence-corrected chi connectivity index (χ0v) is 7.09. The van der Waals surface area contributed by atoms with E-state index in [0.717, 1.165) is 0 Å². The molecule has 11 heavy (non-hydrogen) atoms. The number of hydrogen-bond acceptors (Lipinski definition) is 1. The molecule has 1 nitrogen and oxygen atoms in total. The smallest absolute Gasteiger partial charge is 0.0754 e. The molecule has 1 fully saturated rings. The number of aliphatic hydroxyl groups is 1. The lowest BCUT2D eigenvalue weighted by atomic mass is 9.71. The van der Waals surface area contributed by atoms with Crippen molar-refractivity contribution in [3.05, 3.63) is 12.2 Å². The molecule has 0 aromatic rings. The van der Waals surface area contributed by atoms with Gasteiger partial charge in [0, 0.05) is 0 Å². The molecule has 2 aliphatic rings. The van der Waals surface area contributed by atoms with E-state index in [1.54, 1.807) is 0 Å². The summed E-state index contributed by atoms with van der Waals surface area (Å²) in [6.45, 7) is 2.32. The summed E-state index contributed by atoms with van der Waals surface area (Å²) in [5.41, 5.74) is 0.425. The Morgan fingerprint density at radius 1 is 1.55 bits per heavy atom. The Kier molecular flexibility index (Phi) is 1.57. The van der Waals surface area contributed by atoms with E-state index in [-0.39, 0.29) is 6.10 Å². The largest absolute Gasteiger partial charge is 0.389 e. The van der Waals surface area contributed by atoms with Crippen LogP contribution in [-0.4, -0.2) is 11.2 Å². The van der Waals surface area contributed by atoms with Crippen molar-refractivity contribution >= 4 is 0 Å². The molecule has 1 unspecified atom stereocenters. The van der Waals surface area contributed by atoms with Gasteiger partial charge in [-0.05, 0) is 30.6 Å². The minimum atomic E-state index is -0.156. The fourth-order valence-electron chi connectivity index (χ4n) is 2.71. The maximum atomic E-state index is 9.66. The van der Waals surface area contributed by atoms with Crippen molar-refractivity contribution in [1.82, 2.24) is 0 Å². The number of allylic oxidation sites excluding steroid dienone is 1. The Bertz CT molecular complexity index is 185. The highest BCUT2D eigenvalue weighted by atomic mass is 16.3. The van der Waals surface area contributed by atoms with Gasteiger partial charge in [0.1, 0.15) is 0 Å². The molecule has 1 N–H and O–H groups in total. The van der Waals surface area contributed by atoms with Crippen molar-refractivity contribution in [3.8, 4) is 0 Å². The highest BCUT2D eigenvalue weighted by Gasteiger charge is 2.42. The summed E-state index contributed by atoms with van der Waals surface area (Å²) in [6.07, 6.45) is 8.97. The van der Waals surface area contributed by atoms with Gasteiger partial charge in [-0.25, -0.2) is 0 Å². The van der Waals surface area contributed by atoms with E-state index in [1.165, 1.54) is 25.7 Å². The standard InChI is InChI=1S/C10H16O/c1-10-6-2-4-8(10)9(11)5-3-7-10/h3,5,8-9,11H,2,4,6-7H2,1H3/t8-,9?,10-/m0/s1. The van der Waals surface area contributed by atoms with Gasteiger partial charge in [0.15, 0.2) is 0 Å². The Hall–Kier alpha value is -0.300. The number of rotatable bonds is 0. The van der Waals surface area contributed by atoms with Gasteiger partial charge in [-0.15, -0.1) is 0 Å². The van der Waals surface area contributed by atoms with Crippen molar-refractivity contribution in [2.24, 2.45) is 11.3 Å². The molecule has 62 valence electrons. The van der Waals surface area contributed by atoms with Crippen molar-refractivity contribution in [3.63, 3.8) is 0 Å². The average molecular weight is 152 g/mol. The van der Waals surface area contributed by atoms with Crippen LogP contribution in [0.1, 0.15) is 32.6 Å². The predicted octanol–water partition coefficient (Wildman–Crippen LogP) is 2.11. The molecule has 0 amide bonds. The van der Waals surface area contributed by atoms with E-state index >= 15 is 0 Å². The fraction of sp³-hybridized carbons (Fsp3) is 0.800. The van der Waals surface area contributed by atoms with E-state index in [1.807, 2.05) is 6.08 Å². The highest BCUT2D eigenvalue weighted by molar-refractivity contribution is 5.08. The number of hydrogen-bond donors (Lipinski definition) is 1. The minimum Gasteiger partial charge on any atom is -0.389 e. The highest BCUT2D eigenvalue weighted by Crippen LogP contribution is 2.49. The molecule has 1 saturated carbocycles. The zero-order chi connectivity index (χ0) is 7.90. The van der Waals surface area contributed by atoms with E-state index in [2.05, 4.69) is 13.0 Å². The van der Waals surface area contributed by atoms with Crippen molar-refractivity contribution in [2.45, 2.75) is 38.7 Å². The monoisotopic (exact) mass is 152 g/mol. The van der Waals surface area contributed by atoms with Gasteiger partial charge < -0.3 is 5.11 Å². The van der Waals surface area contributed by atoms with Crippen LogP contribution in [-0.2, 0) is 0 Å². The molecule has 0 aromatic carbocycles. The quantitative estimate of drug-likeness (QED) is 0.527. The lowest BCUT2D eigenvalue weighted by Crippen LogP contribution is -2.33. The molecule has 0 spiro atoms. The van der Waals surface area contributed by atoms with Gasteiger partial charge in [0.05, 0.1) is 6.10 Å². The third-order valence-corrected chi connectivity index (χ3v) is 3.49. The van der Waals surface area contributed by atoms with Gasteiger partial charge in [0.2, 0.25) is 0 Å². The summed E-state index contributed by atoms with van der Waals surface area (Å²) in [5, 5.41) is 9.66. The second kappa shape index (κ2) is 2.34. The second-order valence-electron chi connectivity index (χ2n) is 4.28. The molecule has 0 radical (unpaired) electrons. The minimum absolute atomic E-state index is 0.156. The van der Waals surface area contributed by atoms with E-state index in [9.17, 15) is 5.11 Å². The lowest BCUT2D eigenvalue weighted by Gasteiger charge is -2.36. The van der Waals surface area contributed by atoms with Gasteiger partial charge in [-0.3, -0.25) is 0 Å². The molecule has 2 rings (SSSR count). The van der Waals surface area contributed by atoms with Gasteiger partial charge in [-0.1, -0.05) is 25.5 Å². The fourth-order valence-corrected chi connectivity index (χ4v) is 2.71. The summed E-state index contributed by atoms with van der Waals surface area (Å²) >= 11 is 0. The first-order valence-corrected chi connectivity index (χ1v) is 4.57. The number of aliphatic hydroxyl groups excluding tert-OH is 1. The van der Waals surface area contributed by atoms with Crippen LogP contribution in [0.25, 0.3) is 0 Å². The Balaban J connectivity index is 2.25. The van der Waals surface area contributed by atoms with Crippen LogP contribution >= 0.6 is 0 Å². The van der Waals surface area contributed by atoms with Gasteiger partial charge >= 0.3 is 0 Å². The van der Waals surface area contributed by atoms with Crippen LogP contribution in [0, 0.1) is 11.3 Å². The third-order valence-electron chi connectivity index (χ3n) is 3.49. The molecule has 0 heterocycles. The maximum Gasteiger partial charge on any atom is 0.0754 e. The van der Waals surface area contributed by atoms with E-state index in [4.69, 9.17) is 0 Å². The van der Waals surface area contributed by atoms with E-state index < -0.39 is 0 Å². The summed E-state index contributed by atoms with van der Waals surface area (Å²) < 4.78 is 0. The van der Waals surface area contributed by atoms with Crippen LogP contribution in [0.4, 0.5) is 0 Å². The molecular weight excluding hydrogens is 136 g/mol. The summed E-state index contributed by atoms with van der Waals surface area (Å²) in [6, 6.07) is 0. The molecular formula is C10H16O. The van der Waals surface area contributed by atoms with Crippen molar-refractivity contribution < 1.29 is 5.11 Å².